The van der Waals surface area contributed by atoms with Gasteiger partial charge in [0.15, 0.2) is 0 Å². The monoisotopic (exact) mass is 330 g/mol. The van der Waals surface area contributed by atoms with Crippen molar-refractivity contribution in [2.45, 2.75) is 0 Å². The minimum Gasteiger partial charge on any atom is -0.386 e. The summed E-state index contributed by atoms with van der Waals surface area (Å²) in [7, 11) is 1.82. The van der Waals surface area contributed by atoms with Gasteiger partial charge in [0.1, 0.15) is 5.82 Å². The Kier molecular flexibility index (Phi) is 5.01. The Morgan fingerprint density at radius 1 is 1.32 bits per heavy atom. The zero-order valence-corrected chi connectivity index (χ0v) is 12.7. The number of halogens is 2. The van der Waals surface area contributed by atoms with E-state index in [1.807, 2.05) is 13.1 Å². The molecule has 1 aliphatic heterocycles. The van der Waals surface area contributed by atoms with Crippen molar-refractivity contribution in [3.8, 4) is 0 Å². The average molecular weight is 331 g/mol. The van der Waals surface area contributed by atoms with Crippen LogP contribution in [0, 0.1) is 5.82 Å². The molecule has 0 bridgehead atoms. The van der Waals surface area contributed by atoms with Crippen LogP contribution in [0.4, 0.5) is 15.8 Å². The van der Waals surface area contributed by atoms with Crippen molar-refractivity contribution in [3.05, 3.63) is 22.4 Å². The molecule has 1 saturated heterocycles. The molecular weight excluding hydrogens is 311 g/mol. The van der Waals surface area contributed by atoms with Crippen molar-refractivity contribution in [3.63, 3.8) is 0 Å². The molecule has 1 heterocycles. The summed E-state index contributed by atoms with van der Waals surface area (Å²) in [5, 5.41) is 3.06. The van der Waals surface area contributed by atoms with E-state index in [0.29, 0.717) is 11.0 Å². The number of nitrogens with two attached hydrogens (primary N) is 1. The van der Waals surface area contributed by atoms with Crippen molar-refractivity contribution < 1.29 is 4.39 Å². The van der Waals surface area contributed by atoms with Crippen LogP contribution in [0.25, 0.3) is 0 Å². The van der Waals surface area contributed by atoms with Crippen molar-refractivity contribution in [2.75, 3.05) is 56.5 Å². The second-order valence-electron chi connectivity index (χ2n) is 4.65. The average Bonchev–Trinajstić information content (AvgIpc) is 2.43. The van der Waals surface area contributed by atoms with Crippen LogP contribution in [0.5, 0.6) is 0 Å². The second-order valence-corrected chi connectivity index (χ2v) is 5.51. The molecule has 2 rings (SSSR count). The van der Waals surface area contributed by atoms with Gasteiger partial charge in [-0.3, -0.25) is 4.90 Å². The molecule has 0 amide bonds. The zero-order chi connectivity index (χ0) is 13.8. The number of hydrogen-bond acceptors (Lipinski definition) is 4. The predicted octanol–water partition coefficient (Wildman–Crippen LogP) is 1.71. The summed E-state index contributed by atoms with van der Waals surface area (Å²) in [5.74, 6) is -0.241. The van der Waals surface area contributed by atoms with Gasteiger partial charge in [-0.2, -0.15) is 0 Å². The summed E-state index contributed by atoms with van der Waals surface area (Å²) < 4.78 is 14.1. The summed E-state index contributed by atoms with van der Waals surface area (Å²) >= 11 is 3.26. The van der Waals surface area contributed by atoms with Crippen LogP contribution in [0.1, 0.15) is 0 Å². The number of piperazine rings is 1. The molecule has 106 valence electrons. The van der Waals surface area contributed by atoms with Crippen molar-refractivity contribution in [1.82, 2.24) is 4.90 Å². The number of nitrogens with one attached hydrogen (secondary N) is 1. The number of rotatable bonds is 4. The Morgan fingerprint density at radius 3 is 2.58 bits per heavy atom. The lowest BCUT2D eigenvalue weighted by Gasteiger charge is -2.36. The molecule has 0 aromatic heterocycles. The van der Waals surface area contributed by atoms with E-state index in [9.17, 15) is 4.39 Å². The SMILES string of the molecule is CNc1cc(F)c(Br)cc1N1CCN(CCN)CC1. The Hall–Kier alpha value is -0.850. The fraction of sp³-hybridized carbons (Fsp3) is 0.538. The number of benzene rings is 1. The highest BCUT2D eigenvalue weighted by Crippen LogP contribution is 2.32. The molecule has 0 spiro atoms. The molecule has 1 aliphatic rings. The third-order valence-electron chi connectivity index (χ3n) is 3.47. The first-order chi connectivity index (χ1) is 9.15. The largest absolute Gasteiger partial charge is 0.386 e. The topological polar surface area (TPSA) is 44.5 Å². The van der Waals surface area contributed by atoms with E-state index in [0.717, 1.165) is 44.1 Å². The van der Waals surface area contributed by atoms with Gasteiger partial charge in [0.25, 0.3) is 0 Å². The summed E-state index contributed by atoms with van der Waals surface area (Å²) in [6.45, 7) is 5.51. The highest BCUT2D eigenvalue weighted by molar-refractivity contribution is 9.10. The quantitative estimate of drug-likeness (QED) is 0.882. The van der Waals surface area contributed by atoms with E-state index in [4.69, 9.17) is 5.73 Å². The predicted molar refractivity (Wildman–Crippen MR) is 81.4 cm³/mol. The molecule has 0 atom stereocenters. The molecule has 6 heteroatoms. The lowest BCUT2D eigenvalue weighted by Crippen LogP contribution is -2.47. The van der Waals surface area contributed by atoms with E-state index in [1.165, 1.54) is 6.07 Å². The van der Waals surface area contributed by atoms with Crippen molar-refractivity contribution in [1.29, 1.82) is 0 Å². The molecule has 4 nitrogen and oxygen atoms in total. The van der Waals surface area contributed by atoms with E-state index >= 15 is 0 Å². The van der Waals surface area contributed by atoms with Gasteiger partial charge in [0.2, 0.25) is 0 Å². The minimum absolute atomic E-state index is 0.241. The third-order valence-corrected chi connectivity index (χ3v) is 4.07. The van der Waals surface area contributed by atoms with Crippen molar-refractivity contribution in [2.24, 2.45) is 5.73 Å². The zero-order valence-electron chi connectivity index (χ0n) is 11.1. The summed E-state index contributed by atoms with van der Waals surface area (Å²) in [6.07, 6.45) is 0. The fourth-order valence-electron chi connectivity index (χ4n) is 2.39. The van der Waals surface area contributed by atoms with Crippen molar-refractivity contribution >= 4 is 27.3 Å². The molecule has 3 N–H and O–H groups in total. The van der Waals surface area contributed by atoms with E-state index in [2.05, 4.69) is 31.0 Å². The molecule has 1 fully saturated rings. The van der Waals surface area contributed by atoms with E-state index in [-0.39, 0.29) is 5.82 Å². The van der Waals surface area contributed by atoms with Gasteiger partial charge in [-0.25, -0.2) is 4.39 Å². The normalized spacial score (nSPS) is 16.7. The smallest absolute Gasteiger partial charge is 0.139 e. The van der Waals surface area contributed by atoms with Gasteiger partial charge in [-0.15, -0.1) is 0 Å². The number of anilines is 2. The molecule has 0 aliphatic carbocycles. The molecule has 0 radical (unpaired) electrons. The molecule has 19 heavy (non-hydrogen) atoms. The molecule has 0 unspecified atom stereocenters. The number of hydrogen-bond donors (Lipinski definition) is 2. The van der Waals surface area contributed by atoms with Crippen LogP contribution in [-0.2, 0) is 0 Å². The second kappa shape index (κ2) is 6.54. The highest BCUT2D eigenvalue weighted by atomic mass is 79.9. The Morgan fingerprint density at radius 2 is 2.00 bits per heavy atom. The molecule has 1 aromatic carbocycles. The maximum Gasteiger partial charge on any atom is 0.139 e. The van der Waals surface area contributed by atoms with Gasteiger partial charge >= 0.3 is 0 Å². The van der Waals surface area contributed by atoms with Gasteiger partial charge in [-0.05, 0) is 22.0 Å². The summed E-state index contributed by atoms with van der Waals surface area (Å²) in [4.78, 5) is 4.64. The van der Waals surface area contributed by atoms with E-state index < -0.39 is 0 Å². The Bertz CT molecular complexity index is 433. The van der Waals surface area contributed by atoms with Crippen LogP contribution in [0.15, 0.2) is 16.6 Å². The van der Waals surface area contributed by atoms with Crippen LogP contribution >= 0.6 is 15.9 Å². The maximum atomic E-state index is 13.5. The highest BCUT2D eigenvalue weighted by Gasteiger charge is 2.19. The van der Waals surface area contributed by atoms with Gasteiger partial charge in [0.05, 0.1) is 15.8 Å². The first kappa shape index (κ1) is 14.6. The minimum atomic E-state index is -0.241. The van der Waals surface area contributed by atoms with Crippen LogP contribution in [-0.4, -0.2) is 51.2 Å². The lowest BCUT2D eigenvalue weighted by molar-refractivity contribution is 0.265. The standard InChI is InChI=1S/C13H20BrFN4/c1-17-12-9-11(15)10(14)8-13(12)19-6-4-18(3-2-16)5-7-19/h8-9,17H,2-7,16H2,1H3. The number of nitrogens with zero attached hydrogens (tertiary/aromatic N) is 2. The Balaban J connectivity index is 2.12. The fourth-order valence-corrected chi connectivity index (χ4v) is 2.72. The third kappa shape index (κ3) is 3.38. The summed E-state index contributed by atoms with van der Waals surface area (Å²) in [5.41, 5.74) is 7.45. The molecule has 1 aromatic rings. The first-order valence-electron chi connectivity index (χ1n) is 6.50. The van der Waals surface area contributed by atoms with Crippen LogP contribution in [0.3, 0.4) is 0 Å². The van der Waals surface area contributed by atoms with Gasteiger partial charge in [0, 0.05) is 52.4 Å². The Labute approximate surface area is 121 Å². The van der Waals surface area contributed by atoms with E-state index in [1.54, 1.807) is 0 Å². The summed E-state index contributed by atoms with van der Waals surface area (Å²) in [6, 6.07) is 3.38. The molecular formula is C13H20BrFN4. The first-order valence-corrected chi connectivity index (χ1v) is 7.29. The maximum absolute atomic E-state index is 13.5. The van der Waals surface area contributed by atoms with Crippen LogP contribution < -0.4 is 16.0 Å². The van der Waals surface area contributed by atoms with Crippen LogP contribution in [0.2, 0.25) is 0 Å². The molecule has 0 saturated carbocycles. The lowest BCUT2D eigenvalue weighted by atomic mass is 10.2. The van der Waals surface area contributed by atoms with Gasteiger partial charge < -0.3 is 16.0 Å². The van der Waals surface area contributed by atoms with Gasteiger partial charge in [-0.1, -0.05) is 0 Å².